The van der Waals surface area contributed by atoms with E-state index in [9.17, 15) is 5.11 Å². The van der Waals surface area contributed by atoms with Crippen LogP contribution in [0, 0.1) is 0 Å². The lowest BCUT2D eigenvalue weighted by atomic mass is 10.2. The van der Waals surface area contributed by atoms with Gasteiger partial charge in [-0.1, -0.05) is 12.8 Å². The molecule has 1 saturated carbocycles. The number of anilines is 2. The van der Waals surface area contributed by atoms with E-state index >= 15 is 0 Å². The van der Waals surface area contributed by atoms with Crippen molar-refractivity contribution in [3.05, 3.63) is 6.33 Å². The van der Waals surface area contributed by atoms with Crippen LogP contribution in [-0.4, -0.2) is 47.9 Å². The smallest absolute Gasteiger partial charge is 0.204 e. The zero-order valence-corrected chi connectivity index (χ0v) is 12.3. The minimum atomic E-state index is 0.111. The highest BCUT2D eigenvalue weighted by Crippen LogP contribution is 2.35. The van der Waals surface area contributed by atoms with Gasteiger partial charge in [-0.2, -0.15) is 0 Å². The predicted octanol–water partition coefficient (Wildman–Crippen LogP) is 1.66. The van der Waals surface area contributed by atoms with Gasteiger partial charge in [0.15, 0.2) is 11.6 Å². The molecule has 112 valence electrons. The molecule has 0 radical (unpaired) electrons. The minimum absolute atomic E-state index is 0.111. The van der Waals surface area contributed by atoms with Gasteiger partial charge in [0, 0.05) is 19.1 Å². The van der Waals surface area contributed by atoms with Crippen molar-refractivity contribution >= 4 is 11.6 Å². The van der Waals surface area contributed by atoms with Crippen molar-refractivity contribution in [3.63, 3.8) is 0 Å². The van der Waals surface area contributed by atoms with Crippen LogP contribution in [0.1, 0.15) is 32.6 Å². The Labute approximate surface area is 120 Å². The van der Waals surface area contributed by atoms with Gasteiger partial charge in [-0.25, -0.2) is 9.97 Å². The molecule has 1 aromatic heterocycles. The highest BCUT2D eigenvalue weighted by atomic mass is 16.5. The molecule has 1 heterocycles. The lowest BCUT2D eigenvalue weighted by Gasteiger charge is -2.30. The number of hydrogen-bond donors (Lipinski definition) is 2. The zero-order chi connectivity index (χ0) is 14.4. The number of aromatic nitrogens is 2. The molecule has 1 aliphatic rings. The molecular weight excluding hydrogens is 256 g/mol. The van der Waals surface area contributed by atoms with Gasteiger partial charge < -0.3 is 20.1 Å². The standard InChI is InChI=1S/C14H24N4O2/c1-3-15-13-12(20-2)14(17-10-16-13)18(8-9-19)11-6-4-5-7-11/h10-11,19H,3-9H2,1-2H3,(H,15,16,17). The first-order chi connectivity index (χ1) is 9.81. The van der Waals surface area contributed by atoms with Crippen molar-refractivity contribution in [2.45, 2.75) is 38.6 Å². The van der Waals surface area contributed by atoms with Crippen LogP contribution in [0.4, 0.5) is 11.6 Å². The van der Waals surface area contributed by atoms with E-state index < -0.39 is 0 Å². The van der Waals surface area contributed by atoms with E-state index in [1.165, 1.54) is 12.8 Å². The van der Waals surface area contributed by atoms with Crippen LogP contribution in [0.3, 0.4) is 0 Å². The monoisotopic (exact) mass is 280 g/mol. The molecule has 2 rings (SSSR count). The van der Waals surface area contributed by atoms with Gasteiger partial charge in [0.1, 0.15) is 6.33 Å². The van der Waals surface area contributed by atoms with E-state index in [0.717, 1.165) is 25.2 Å². The first kappa shape index (κ1) is 14.8. The molecule has 0 aromatic carbocycles. The third-order valence-corrected chi connectivity index (χ3v) is 3.71. The SMILES string of the molecule is CCNc1ncnc(N(CCO)C2CCCC2)c1OC. The third-order valence-electron chi connectivity index (χ3n) is 3.71. The summed E-state index contributed by atoms with van der Waals surface area (Å²) < 4.78 is 5.51. The summed E-state index contributed by atoms with van der Waals surface area (Å²) in [6.07, 6.45) is 6.31. The Morgan fingerprint density at radius 2 is 2.15 bits per heavy atom. The van der Waals surface area contributed by atoms with Crippen molar-refractivity contribution < 1.29 is 9.84 Å². The van der Waals surface area contributed by atoms with E-state index in [4.69, 9.17) is 4.74 Å². The fourth-order valence-corrected chi connectivity index (χ4v) is 2.84. The fourth-order valence-electron chi connectivity index (χ4n) is 2.84. The first-order valence-corrected chi connectivity index (χ1v) is 7.32. The van der Waals surface area contributed by atoms with Gasteiger partial charge in [-0.15, -0.1) is 0 Å². The molecule has 6 heteroatoms. The molecule has 0 atom stereocenters. The molecule has 0 bridgehead atoms. The van der Waals surface area contributed by atoms with Crippen LogP contribution in [0.5, 0.6) is 5.75 Å². The highest BCUT2D eigenvalue weighted by Gasteiger charge is 2.27. The summed E-state index contributed by atoms with van der Waals surface area (Å²) in [6.45, 7) is 3.48. The summed E-state index contributed by atoms with van der Waals surface area (Å²) in [5, 5.41) is 12.5. The van der Waals surface area contributed by atoms with E-state index in [0.29, 0.717) is 24.2 Å². The maximum atomic E-state index is 9.35. The second kappa shape index (κ2) is 7.28. The molecule has 2 N–H and O–H groups in total. The van der Waals surface area contributed by atoms with Crippen LogP contribution >= 0.6 is 0 Å². The van der Waals surface area contributed by atoms with E-state index in [1.807, 2.05) is 6.92 Å². The Morgan fingerprint density at radius 1 is 1.40 bits per heavy atom. The Kier molecular flexibility index (Phi) is 5.40. The normalized spacial score (nSPS) is 15.3. The van der Waals surface area contributed by atoms with E-state index in [2.05, 4.69) is 20.2 Å². The van der Waals surface area contributed by atoms with E-state index in [-0.39, 0.29) is 6.61 Å². The number of hydrogen-bond acceptors (Lipinski definition) is 6. The molecule has 1 aliphatic carbocycles. The number of nitrogens with one attached hydrogen (secondary N) is 1. The van der Waals surface area contributed by atoms with Crippen LogP contribution < -0.4 is 15.0 Å². The average molecular weight is 280 g/mol. The third kappa shape index (κ3) is 3.12. The van der Waals surface area contributed by atoms with Gasteiger partial charge >= 0.3 is 0 Å². The summed E-state index contributed by atoms with van der Waals surface area (Å²) in [5.74, 6) is 2.15. The number of aliphatic hydroxyl groups is 1. The maximum Gasteiger partial charge on any atom is 0.204 e. The highest BCUT2D eigenvalue weighted by molar-refractivity contribution is 5.65. The molecule has 1 fully saturated rings. The quantitative estimate of drug-likeness (QED) is 0.791. The summed E-state index contributed by atoms with van der Waals surface area (Å²) in [6, 6.07) is 0.431. The summed E-state index contributed by atoms with van der Waals surface area (Å²) >= 11 is 0. The molecule has 0 unspecified atom stereocenters. The molecule has 6 nitrogen and oxygen atoms in total. The Hall–Kier alpha value is -1.56. The van der Waals surface area contributed by atoms with Gasteiger partial charge in [0.25, 0.3) is 0 Å². The number of aliphatic hydroxyl groups excluding tert-OH is 1. The molecular formula is C14H24N4O2. The number of methoxy groups -OCH3 is 1. The maximum absolute atomic E-state index is 9.35. The number of ether oxygens (including phenoxy) is 1. The van der Waals surface area contributed by atoms with Gasteiger partial charge in [0.05, 0.1) is 13.7 Å². The van der Waals surface area contributed by atoms with Crippen molar-refractivity contribution in [1.29, 1.82) is 0 Å². The second-order valence-electron chi connectivity index (χ2n) is 4.96. The van der Waals surface area contributed by atoms with Crippen molar-refractivity contribution in [1.82, 2.24) is 9.97 Å². The average Bonchev–Trinajstić information content (AvgIpc) is 2.99. The minimum Gasteiger partial charge on any atom is -0.490 e. The fraction of sp³-hybridized carbons (Fsp3) is 0.714. The molecule has 0 spiro atoms. The molecule has 0 saturated heterocycles. The van der Waals surface area contributed by atoms with Crippen molar-refractivity contribution in [3.8, 4) is 5.75 Å². The van der Waals surface area contributed by atoms with Crippen LogP contribution in [0.25, 0.3) is 0 Å². The van der Waals surface area contributed by atoms with Gasteiger partial charge in [-0.05, 0) is 19.8 Å². The molecule has 0 amide bonds. The molecule has 20 heavy (non-hydrogen) atoms. The van der Waals surface area contributed by atoms with Crippen molar-refractivity contribution in [2.75, 3.05) is 37.0 Å². The van der Waals surface area contributed by atoms with Gasteiger partial charge in [0.2, 0.25) is 5.75 Å². The first-order valence-electron chi connectivity index (χ1n) is 7.32. The largest absolute Gasteiger partial charge is 0.490 e. The molecule has 0 aliphatic heterocycles. The van der Waals surface area contributed by atoms with Gasteiger partial charge in [-0.3, -0.25) is 0 Å². The van der Waals surface area contributed by atoms with E-state index in [1.54, 1.807) is 13.4 Å². The van der Waals surface area contributed by atoms with Crippen LogP contribution in [-0.2, 0) is 0 Å². The Morgan fingerprint density at radius 3 is 2.75 bits per heavy atom. The molecule has 1 aromatic rings. The Balaban J connectivity index is 2.33. The Bertz CT molecular complexity index is 422. The lowest BCUT2D eigenvalue weighted by molar-refractivity contribution is 0.296. The zero-order valence-electron chi connectivity index (χ0n) is 12.3. The lowest BCUT2D eigenvalue weighted by Crippen LogP contribution is -2.36. The van der Waals surface area contributed by atoms with Crippen LogP contribution in [0.2, 0.25) is 0 Å². The summed E-state index contributed by atoms with van der Waals surface area (Å²) in [5.41, 5.74) is 0. The summed E-state index contributed by atoms with van der Waals surface area (Å²) in [4.78, 5) is 10.8. The topological polar surface area (TPSA) is 70.5 Å². The summed E-state index contributed by atoms with van der Waals surface area (Å²) in [7, 11) is 1.63. The second-order valence-corrected chi connectivity index (χ2v) is 4.96. The number of nitrogens with zero attached hydrogens (tertiary/aromatic N) is 3. The van der Waals surface area contributed by atoms with Crippen LogP contribution in [0.15, 0.2) is 6.33 Å². The predicted molar refractivity (Wildman–Crippen MR) is 79.4 cm³/mol. The van der Waals surface area contributed by atoms with Crippen molar-refractivity contribution in [2.24, 2.45) is 0 Å². The number of rotatable bonds is 7.